The van der Waals surface area contributed by atoms with Gasteiger partial charge in [-0.1, -0.05) is 23.4 Å². The first-order chi connectivity index (χ1) is 11.4. The van der Waals surface area contributed by atoms with Gasteiger partial charge in [-0.2, -0.15) is 4.98 Å². The molecule has 2 aromatic rings. The van der Waals surface area contributed by atoms with Gasteiger partial charge in [0.1, 0.15) is 11.0 Å². The summed E-state index contributed by atoms with van der Waals surface area (Å²) >= 11 is 0. The summed E-state index contributed by atoms with van der Waals surface area (Å²) in [5, 5.41) is 2.41. The number of benzene rings is 1. The van der Waals surface area contributed by atoms with E-state index >= 15 is 0 Å². The van der Waals surface area contributed by atoms with E-state index in [-0.39, 0.29) is 5.89 Å². The fraction of sp³-hybridized carbons (Fsp3) is 0.438. The number of amides is 1. The minimum absolute atomic E-state index is 0.00574. The van der Waals surface area contributed by atoms with Crippen LogP contribution in [0.25, 0.3) is 0 Å². The number of nitrogens with zero attached hydrogens (tertiary/aromatic N) is 3. The van der Waals surface area contributed by atoms with Crippen LogP contribution in [-0.2, 0) is 26.8 Å². The number of hydrogen-bond donors (Lipinski definition) is 0. The van der Waals surface area contributed by atoms with E-state index in [9.17, 15) is 13.2 Å². The molecule has 0 N–H and O–H groups in total. The molecule has 128 valence electrons. The van der Waals surface area contributed by atoms with Gasteiger partial charge in [0.25, 0.3) is 0 Å². The van der Waals surface area contributed by atoms with Crippen molar-refractivity contribution in [2.24, 2.45) is 0 Å². The lowest BCUT2D eigenvalue weighted by atomic mass is 10.0. The topological polar surface area (TPSA) is 93.4 Å². The molecule has 1 aromatic heterocycles. The Kier molecular flexibility index (Phi) is 4.40. The molecule has 24 heavy (non-hydrogen) atoms. The van der Waals surface area contributed by atoms with Crippen molar-refractivity contribution in [3.63, 3.8) is 0 Å². The van der Waals surface area contributed by atoms with Crippen LogP contribution < -0.4 is 4.90 Å². The predicted molar refractivity (Wildman–Crippen MR) is 88.2 cm³/mol. The number of carbonyl (C=O) groups excluding carboxylic acids is 1. The van der Waals surface area contributed by atoms with Crippen LogP contribution in [-0.4, -0.2) is 36.3 Å². The molecule has 1 aromatic carbocycles. The fourth-order valence-electron chi connectivity index (χ4n) is 2.83. The maximum Gasteiger partial charge on any atom is 0.245 e. The molecular weight excluding hydrogens is 330 g/mol. The van der Waals surface area contributed by atoms with E-state index < -0.39 is 26.7 Å². The number of fused-ring (bicyclic) bond motifs is 1. The first-order valence-electron chi connectivity index (χ1n) is 7.78. The van der Waals surface area contributed by atoms with Crippen molar-refractivity contribution < 1.29 is 17.7 Å². The third-order valence-electron chi connectivity index (χ3n) is 4.16. The molecule has 0 saturated heterocycles. The highest BCUT2D eigenvalue weighted by molar-refractivity contribution is 7.92. The summed E-state index contributed by atoms with van der Waals surface area (Å²) < 4.78 is 29.9. The van der Waals surface area contributed by atoms with Crippen LogP contribution >= 0.6 is 0 Å². The van der Waals surface area contributed by atoms with Crippen LogP contribution in [0.2, 0.25) is 0 Å². The normalized spacial score (nSPS) is 15.8. The van der Waals surface area contributed by atoms with Crippen molar-refractivity contribution in [1.29, 1.82) is 0 Å². The van der Waals surface area contributed by atoms with Gasteiger partial charge in [-0.05, 0) is 38.3 Å². The van der Waals surface area contributed by atoms with Crippen LogP contribution in [0.3, 0.4) is 0 Å². The van der Waals surface area contributed by atoms with Gasteiger partial charge in [-0.15, -0.1) is 0 Å². The Balaban J connectivity index is 1.82. The van der Waals surface area contributed by atoms with E-state index in [4.69, 9.17) is 4.52 Å². The molecule has 8 heteroatoms. The number of aromatic nitrogens is 2. The van der Waals surface area contributed by atoms with Crippen molar-refractivity contribution >= 4 is 21.4 Å². The molecule has 7 nitrogen and oxygen atoms in total. The van der Waals surface area contributed by atoms with Gasteiger partial charge in [0.2, 0.25) is 11.8 Å². The molecule has 0 spiro atoms. The first kappa shape index (κ1) is 16.6. The molecule has 1 amide bonds. The summed E-state index contributed by atoms with van der Waals surface area (Å²) in [4.78, 5) is 18.3. The lowest BCUT2D eigenvalue weighted by molar-refractivity contribution is -0.118. The minimum Gasteiger partial charge on any atom is -0.338 e. The Bertz CT molecular complexity index is 860. The van der Waals surface area contributed by atoms with Gasteiger partial charge in [0.15, 0.2) is 15.7 Å². The maximum atomic E-state index is 12.8. The van der Waals surface area contributed by atoms with E-state index in [1.54, 1.807) is 11.8 Å². The molecular formula is C16H19N3O4S. The molecule has 1 aliphatic rings. The van der Waals surface area contributed by atoms with E-state index in [0.717, 1.165) is 24.1 Å². The van der Waals surface area contributed by atoms with E-state index in [1.165, 1.54) is 6.92 Å². The first-order valence-corrected chi connectivity index (χ1v) is 9.50. The Hall–Kier alpha value is -2.22. The Morgan fingerprint density at radius 2 is 2.12 bits per heavy atom. The Morgan fingerprint density at radius 3 is 2.83 bits per heavy atom. The minimum atomic E-state index is -3.74. The largest absolute Gasteiger partial charge is 0.338 e. The molecule has 0 unspecified atom stereocenters. The zero-order valence-electron chi connectivity index (χ0n) is 13.6. The molecule has 0 saturated carbocycles. The standard InChI is InChI=1S/C16H19N3O4S/c1-11(24(21,22)10-15-17-12(2)18-23-15)16(20)19-9-5-7-13-6-3-4-8-14(13)19/h3-4,6,8,11H,5,7,9-10H2,1-2H3/t11-/m0/s1. The van der Waals surface area contributed by atoms with Crippen LogP contribution in [0.4, 0.5) is 5.69 Å². The third-order valence-corrected chi connectivity index (χ3v) is 6.09. The van der Waals surface area contributed by atoms with E-state index in [1.807, 2.05) is 24.3 Å². The highest BCUT2D eigenvalue weighted by Crippen LogP contribution is 2.28. The third kappa shape index (κ3) is 3.19. The van der Waals surface area contributed by atoms with Gasteiger partial charge >= 0.3 is 0 Å². The molecule has 2 heterocycles. The quantitative estimate of drug-likeness (QED) is 0.833. The smallest absolute Gasteiger partial charge is 0.245 e. The van der Waals surface area contributed by atoms with Gasteiger partial charge in [0.05, 0.1) is 0 Å². The fourth-order valence-corrected chi connectivity index (χ4v) is 3.98. The van der Waals surface area contributed by atoms with Gasteiger partial charge in [0, 0.05) is 12.2 Å². The zero-order chi connectivity index (χ0) is 17.3. The van der Waals surface area contributed by atoms with E-state index in [2.05, 4.69) is 10.1 Å². The van der Waals surface area contributed by atoms with Crippen LogP contribution in [0.1, 0.15) is 30.6 Å². The van der Waals surface area contributed by atoms with Crippen molar-refractivity contribution in [3.8, 4) is 0 Å². The van der Waals surface area contributed by atoms with Crippen LogP contribution in [0.15, 0.2) is 28.8 Å². The molecule has 3 rings (SSSR count). The summed E-state index contributed by atoms with van der Waals surface area (Å²) in [7, 11) is -3.74. The van der Waals surface area contributed by atoms with E-state index in [0.29, 0.717) is 12.4 Å². The summed E-state index contributed by atoms with van der Waals surface area (Å²) in [6, 6.07) is 7.60. The summed E-state index contributed by atoms with van der Waals surface area (Å²) in [5.74, 6) is -0.482. The average molecular weight is 349 g/mol. The van der Waals surface area contributed by atoms with Crippen molar-refractivity contribution in [2.45, 2.75) is 37.7 Å². The Morgan fingerprint density at radius 1 is 1.38 bits per heavy atom. The van der Waals surface area contributed by atoms with Crippen LogP contribution in [0.5, 0.6) is 0 Å². The predicted octanol–water partition coefficient (Wildman–Crippen LogP) is 1.66. The molecule has 0 radical (unpaired) electrons. The number of anilines is 1. The second-order valence-electron chi connectivity index (χ2n) is 5.91. The van der Waals surface area contributed by atoms with Crippen molar-refractivity contribution in [1.82, 2.24) is 10.1 Å². The Labute approximate surface area is 140 Å². The second kappa shape index (κ2) is 6.35. The number of carbonyl (C=O) groups is 1. The molecule has 1 atom stereocenters. The lowest BCUT2D eigenvalue weighted by Crippen LogP contribution is -2.44. The SMILES string of the molecule is Cc1noc(CS(=O)(=O)[C@@H](C)C(=O)N2CCCc3ccccc32)n1. The highest BCUT2D eigenvalue weighted by atomic mass is 32.2. The summed E-state index contributed by atoms with van der Waals surface area (Å²) in [6.45, 7) is 3.55. The molecule has 1 aliphatic heterocycles. The van der Waals surface area contributed by atoms with Crippen LogP contribution in [0, 0.1) is 6.92 Å². The molecule has 0 bridgehead atoms. The zero-order valence-corrected chi connectivity index (χ0v) is 14.4. The monoisotopic (exact) mass is 349 g/mol. The van der Waals surface area contributed by atoms with Gasteiger partial charge in [-0.3, -0.25) is 4.79 Å². The van der Waals surface area contributed by atoms with Crippen molar-refractivity contribution in [3.05, 3.63) is 41.5 Å². The number of rotatable bonds is 4. The molecule has 0 aliphatic carbocycles. The van der Waals surface area contributed by atoms with Crippen molar-refractivity contribution in [2.75, 3.05) is 11.4 Å². The highest BCUT2D eigenvalue weighted by Gasteiger charge is 2.35. The van der Waals surface area contributed by atoms with Gasteiger partial charge < -0.3 is 9.42 Å². The number of hydrogen-bond acceptors (Lipinski definition) is 6. The number of sulfone groups is 1. The average Bonchev–Trinajstić information content (AvgIpc) is 2.97. The number of aryl methyl sites for hydroxylation is 2. The van der Waals surface area contributed by atoms with Gasteiger partial charge in [-0.25, -0.2) is 8.42 Å². The summed E-state index contributed by atoms with van der Waals surface area (Å²) in [5.41, 5.74) is 1.86. The second-order valence-corrected chi connectivity index (χ2v) is 8.23. The molecule has 0 fully saturated rings. The maximum absolute atomic E-state index is 12.8. The lowest BCUT2D eigenvalue weighted by Gasteiger charge is -2.31. The summed E-state index contributed by atoms with van der Waals surface area (Å²) in [6.07, 6.45) is 1.71. The number of para-hydroxylation sites is 1.